The van der Waals surface area contributed by atoms with Gasteiger partial charge in [-0.25, -0.2) is 0 Å². The van der Waals surface area contributed by atoms with Gasteiger partial charge in [0.05, 0.1) is 29.5 Å². The number of esters is 1. The number of Topliss-reactive ketones (excluding diaryl/α,β-unsaturated/α-hetero) is 1. The van der Waals surface area contributed by atoms with Gasteiger partial charge in [0.1, 0.15) is 12.2 Å². The highest BCUT2D eigenvalue weighted by atomic mass is 19.4. The molecule has 0 saturated heterocycles. The quantitative estimate of drug-likeness (QED) is 0.286. The average molecular weight is 498 g/mol. The Hall–Kier alpha value is -3.52. The molecule has 1 aliphatic rings. The van der Waals surface area contributed by atoms with E-state index < -0.39 is 36.0 Å². The smallest absolute Gasteiger partial charge is 0.416 e. The van der Waals surface area contributed by atoms with Crippen LogP contribution in [0.25, 0.3) is 28.1 Å². The van der Waals surface area contributed by atoms with Gasteiger partial charge in [-0.15, -0.1) is 0 Å². The number of rotatable bonds is 9. The number of para-hydroxylation sites is 1. The van der Waals surface area contributed by atoms with Gasteiger partial charge in [0.15, 0.2) is 0 Å². The molecule has 0 unspecified atom stereocenters. The van der Waals surface area contributed by atoms with Crippen molar-refractivity contribution < 1.29 is 32.6 Å². The number of aliphatic hydroxyl groups is 1. The third kappa shape index (κ3) is 5.99. The van der Waals surface area contributed by atoms with E-state index >= 15 is 0 Å². The fourth-order valence-corrected chi connectivity index (χ4v) is 4.17. The summed E-state index contributed by atoms with van der Waals surface area (Å²) in [6, 6.07) is 12.4. The highest BCUT2D eigenvalue weighted by Crippen LogP contribution is 2.45. The van der Waals surface area contributed by atoms with Crippen molar-refractivity contribution >= 4 is 28.7 Å². The molecule has 1 aliphatic carbocycles. The lowest BCUT2D eigenvalue weighted by molar-refractivity contribution is -0.145. The van der Waals surface area contributed by atoms with Crippen molar-refractivity contribution in [1.82, 2.24) is 4.98 Å². The number of ketones is 1. The van der Waals surface area contributed by atoms with Gasteiger partial charge in [0.2, 0.25) is 0 Å². The van der Waals surface area contributed by atoms with Crippen LogP contribution in [0.1, 0.15) is 55.3 Å². The van der Waals surface area contributed by atoms with Gasteiger partial charge in [0, 0.05) is 28.9 Å². The van der Waals surface area contributed by atoms with Gasteiger partial charge in [0.25, 0.3) is 0 Å². The minimum Gasteiger partial charge on any atom is -0.466 e. The molecule has 1 fully saturated rings. The van der Waals surface area contributed by atoms with E-state index in [1.807, 2.05) is 24.3 Å². The van der Waals surface area contributed by atoms with Crippen LogP contribution in [0, 0.1) is 0 Å². The summed E-state index contributed by atoms with van der Waals surface area (Å²) in [5, 5.41) is 11.2. The number of fused-ring (bicyclic) bond motifs is 1. The van der Waals surface area contributed by atoms with Gasteiger partial charge in [-0.05, 0) is 43.5 Å². The van der Waals surface area contributed by atoms with Crippen LogP contribution >= 0.6 is 0 Å². The summed E-state index contributed by atoms with van der Waals surface area (Å²) >= 11 is 0. The maximum atomic E-state index is 13.2. The van der Waals surface area contributed by atoms with Crippen molar-refractivity contribution in [2.45, 2.75) is 50.8 Å². The minimum absolute atomic E-state index is 0.167. The summed E-state index contributed by atoms with van der Waals surface area (Å²) in [5.41, 5.74) is 2.82. The number of aliphatic hydroxyl groups excluding tert-OH is 1. The van der Waals surface area contributed by atoms with E-state index in [4.69, 9.17) is 9.72 Å². The van der Waals surface area contributed by atoms with Crippen LogP contribution in [0.4, 0.5) is 13.2 Å². The number of alkyl halides is 3. The Morgan fingerprint density at radius 3 is 2.47 bits per heavy atom. The second kappa shape index (κ2) is 10.6. The number of ether oxygens (including phenoxy) is 1. The zero-order chi connectivity index (χ0) is 25.9. The molecule has 1 saturated carbocycles. The monoisotopic (exact) mass is 497 g/mol. The lowest BCUT2D eigenvalue weighted by Gasteiger charge is -2.16. The molecular formula is C28H26F3NO4. The largest absolute Gasteiger partial charge is 0.466 e. The van der Waals surface area contributed by atoms with Crippen LogP contribution in [0.15, 0.2) is 54.6 Å². The molecular weight excluding hydrogens is 471 g/mol. The molecule has 0 radical (unpaired) electrons. The normalized spacial score (nSPS) is 14.8. The second-order valence-electron chi connectivity index (χ2n) is 8.80. The summed E-state index contributed by atoms with van der Waals surface area (Å²) in [4.78, 5) is 28.5. The van der Waals surface area contributed by atoms with E-state index in [2.05, 4.69) is 0 Å². The molecule has 0 amide bonds. The summed E-state index contributed by atoms with van der Waals surface area (Å²) in [7, 11) is 0. The summed E-state index contributed by atoms with van der Waals surface area (Å²) in [6.45, 7) is 1.81. The van der Waals surface area contributed by atoms with Gasteiger partial charge >= 0.3 is 12.1 Å². The lowest BCUT2D eigenvalue weighted by atomic mass is 9.91. The second-order valence-corrected chi connectivity index (χ2v) is 8.80. The SMILES string of the molecule is CCOC(=O)CC(=O)C[C@H](O)/C=C/c1c(C2CC2)nc2ccccc2c1-c1ccc(C(F)(F)F)cc1. The topological polar surface area (TPSA) is 76.5 Å². The third-order valence-corrected chi connectivity index (χ3v) is 5.99. The molecule has 8 heteroatoms. The van der Waals surface area contributed by atoms with Crippen LogP contribution < -0.4 is 0 Å². The van der Waals surface area contributed by atoms with Crippen molar-refractivity contribution in [2.24, 2.45) is 0 Å². The lowest BCUT2D eigenvalue weighted by Crippen LogP contribution is -2.16. The number of aromatic nitrogens is 1. The molecule has 5 nitrogen and oxygen atoms in total. The molecule has 1 aromatic heterocycles. The molecule has 1 atom stereocenters. The Morgan fingerprint density at radius 2 is 1.83 bits per heavy atom. The third-order valence-electron chi connectivity index (χ3n) is 5.99. The molecule has 0 spiro atoms. The molecule has 2 aromatic carbocycles. The fourth-order valence-electron chi connectivity index (χ4n) is 4.17. The first-order chi connectivity index (χ1) is 17.2. The van der Waals surface area contributed by atoms with Crippen molar-refractivity contribution in [3.8, 4) is 11.1 Å². The van der Waals surface area contributed by atoms with Crippen LogP contribution in [-0.4, -0.2) is 34.6 Å². The molecule has 1 N–H and O–H groups in total. The number of hydrogen-bond donors (Lipinski definition) is 1. The molecule has 188 valence electrons. The maximum absolute atomic E-state index is 13.2. The molecule has 0 bridgehead atoms. The minimum atomic E-state index is -4.44. The van der Waals surface area contributed by atoms with Crippen LogP contribution in [0.5, 0.6) is 0 Å². The first-order valence-corrected chi connectivity index (χ1v) is 11.8. The number of carbonyl (C=O) groups is 2. The van der Waals surface area contributed by atoms with Gasteiger partial charge in [-0.2, -0.15) is 13.2 Å². The molecule has 3 aromatic rings. The van der Waals surface area contributed by atoms with E-state index in [9.17, 15) is 27.9 Å². The van der Waals surface area contributed by atoms with Crippen LogP contribution in [-0.2, 0) is 20.5 Å². The molecule has 1 heterocycles. The molecule has 0 aliphatic heterocycles. The zero-order valence-electron chi connectivity index (χ0n) is 19.7. The molecule has 36 heavy (non-hydrogen) atoms. The number of carbonyl (C=O) groups excluding carboxylic acids is 2. The van der Waals surface area contributed by atoms with Crippen molar-refractivity contribution in [1.29, 1.82) is 0 Å². The predicted octanol–water partition coefficient (Wildman–Crippen LogP) is 6.08. The van der Waals surface area contributed by atoms with Crippen molar-refractivity contribution in [2.75, 3.05) is 6.61 Å². The Labute approximate surface area is 206 Å². The Bertz CT molecular complexity index is 1290. The van der Waals surface area contributed by atoms with Crippen LogP contribution in [0.2, 0.25) is 0 Å². The van der Waals surface area contributed by atoms with E-state index in [-0.39, 0.29) is 18.9 Å². The Kier molecular flexibility index (Phi) is 7.54. The van der Waals surface area contributed by atoms with Crippen molar-refractivity contribution in [3.05, 3.63) is 71.4 Å². The van der Waals surface area contributed by atoms with Gasteiger partial charge in [-0.3, -0.25) is 14.6 Å². The van der Waals surface area contributed by atoms with Gasteiger partial charge in [-0.1, -0.05) is 42.5 Å². The van der Waals surface area contributed by atoms with Gasteiger partial charge < -0.3 is 9.84 Å². The van der Waals surface area contributed by atoms with Crippen LogP contribution in [0.3, 0.4) is 0 Å². The number of nitrogens with zero attached hydrogens (tertiary/aromatic N) is 1. The predicted molar refractivity (Wildman–Crippen MR) is 130 cm³/mol. The first-order valence-electron chi connectivity index (χ1n) is 11.8. The summed E-state index contributed by atoms with van der Waals surface area (Å²) < 4.78 is 44.3. The molecule has 4 rings (SSSR count). The Balaban J connectivity index is 1.73. The standard InChI is InChI=1S/C28H26F3NO4/c1-2-36-25(35)16-21(34)15-20(33)13-14-23-26(17-9-11-19(12-10-17)28(29,30)31)22-5-3-4-6-24(22)32-27(23)18-7-8-18/h3-6,9-14,18,20,33H,2,7-8,15-16H2,1H3/b14-13+/t20-/m1/s1. The van der Waals surface area contributed by atoms with E-state index in [1.165, 1.54) is 18.2 Å². The van der Waals surface area contributed by atoms with Crippen molar-refractivity contribution in [3.63, 3.8) is 0 Å². The number of halogens is 3. The zero-order valence-corrected chi connectivity index (χ0v) is 19.7. The van der Waals surface area contributed by atoms with E-state index in [1.54, 1.807) is 13.0 Å². The average Bonchev–Trinajstić information content (AvgIpc) is 3.67. The maximum Gasteiger partial charge on any atom is 0.416 e. The Morgan fingerprint density at radius 1 is 1.14 bits per heavy atom. The highest BCUT2D eigenvalue weighted by molar-refractivity contribution is 6.00. The summed E-state index contributed by atoms with van der Waals surface area (Å²) in [5.74, 6) is -0.879. The number of hydrogen-bond acceptors (Lipinski definition) is 5. The number of pyridine rings is 1. The highest BCUT2D eigenvalue weighted by Gasteiger charge is 2.31. The first kappa shape index (κ1) is 25.6. The fraction of sp³-hybridized carbons (Fsp3) is 0.321. The van der Waals surface area contributed by atoms with E-state index in [0.29, 0.717) is 11.1 Å². The van der Waals surface area contributed by atoms with E-state index in [0.717, 1.165) is 47.1 Å². The number of benzene rings is 2. The summed E-state index contributed by atoms with van der Waals surface area (Å²) in [6.07, 6.45) is -1.23.